The molecule has 1 aromatic carbocycles. The van der Waals surface area contributed by atoms with Crippen LogP contribution in [0.4, 0.5) is 0 Å². The summed E-state index contributed by atoms with van der Waals surface area (Å²) in [5, 5.41) is 31.3. The Morgan fingerprint density at radius 1 is 1.21 bits per heavy atom. The number of benzene rings is 1. The Balaban J connectivity index is 1.56. The van der Waals surface area contributed by atoms with Crippen LogP contribution in [0.15, 0.2) is 36.5 Å². The maximum Gasteiger partial charge on any atom is 0.149 e. The van der Waals surface area contributed by atoms with Gasteiger partial charge in [-0.3, -0.25) is 4.98 Å². The van der Waals surface area contributed by atoms with E-state index in [1.807, 2.05) is 38.1 Å². The van der Waals surface area contributed by atoms with Gasteiger partial charge in [0.1, 0.15) is 22.2 Å². The summed E-state index contributed by atoms with van der Waals surface area (Å²) < 4.78 is 5.89. The molecule has 152 valence electrons. The second-order valence-corrected chi connectivity index (χ2v) is 8.85. The molecular formula is C21H22ClN3O3S. The van der Waals surface area contributed by atoms with Gasteiger partial charge in [0.05, 0.1) is 12.2 Å². The first-order valence-electron chi connectivity index (χ1n) is 9.46. The lowest BCUT2D eigenvalue weighted by Gasteiger charge is -2.36. The number of ether oxygens (including phenoxy) is 1. The van der Waals surface area contributed by atoms with Gasteiger partial charge < -0.3 is 14.9 Å². The summed E-state index contributed by atoms with van der Waals surface area (Å²) in [6.07, 6.45) is 0.227. The van der Waals surface area contributed by atoms with E-state index in [0.29, 0.717) is 17.9 Å². The highest BCUT2D eigenvalue weighted by Crippen LogP contribution is 2.34. The van der Waals surface area contributed by atoms with Crippen molar-refractivity contribution in [2.45, 2.75) is 51.1 Å². The largest absolute Gasteiger partial charge is 0.390 e. The molecule has 0 unspecified atom stereocenters. The second-order valence-electron chi connectivity index (χ2n) is 7.38. The second kappa shape index (κ2) is 8.45. The standard InChI is InChI=1S/C21H22ClN3O3S/c1-11-3-4-14(10-23-11)21-25-24-18(29-21)9-15-8-13(5-6-16(15)22)20-19(27)17(26)7-12(2)28-20/h3-6,8,10,12,17,19-20,26-27H,7,9H2,1-2H3/t12-,17+,19-,20+/m1/s1. The summed E-state index contributed by atoms with van der Waals surface area (Å²) in [4.78, 5) is 4.31. The topological polar surface area (TPSA) is 88.4 Å². The molecular weight excluding hydrogens is 410 g/mol. The van der Waals surface area contributed by atoms with Gasteiger partial charge in [-0.2, -0.15) is 0 Å². The van der Waals surface area contributed by atoms with Crippen LogP contribution in [0.5, 0.6) is 0 Å². The Hall–Kier alpha value is -1.90. The van der Waals surface area contributed by atoms with Crippen LogP contribution in [0.1, 0.15) is 41.3 Å². The van der Waals surface area contributed by atoms with Crippen LogP contribution < -0.4 is 0 Å². The van der Waals surface area contributed by atoms with Gasteiger partial charge in [-0.05, 0) is 43.2 Å². The number of rotatable bonds is 4. The van der Waals surface area contributed by atoms with Crippen molar-refractivity contribution in [2.24, 2.45) is 0 Å². The molecule has 1 aliphatic heterocycles. The molecule has 1 saturated heterocycles. The fraction of sp³-hybridized carbons (Fsp3) is 0.381. The summed E-state index contributed by atoms with van der Waals surface area (Å²) in [5.41, 5.74) is 3.54. The van der Waals surface area contributed by atoms with Crippen LogP contribution in [0.2, 0.25) is 5.02 Å². The summed E-state index contributed by atoms with van der Waals surface area (Å²) in [6.45, 7) is 3.83. The highest BCUT2D eigenvalue weighted by Gasteiger charge is 2.36. The van der Waals surface area contributed by atoms with E-state index in [9.17, 15) is 10.2 Å². The highest BCUT2D eigenvalue weighted by molar-refractivity contribution is 7.14. The number of hydrogen-bond donors (Lipinski definition) is 2. The lowest BCUT2D eigenvalue weighted by atomic mass is 9.92. The van der Waals surface area contributed by atoms with E-state index < -0.39 is 18.3 Å². The minimum atomic E-state index is -0.970. The number of aryl methyl sites for hydroxylation is 1. The van der Waals surface area contributed by atoms with Gasteiger partial charge in [-0.25, -0.2) is 0 Å². The maximum absolute atomic E-state index is 10.4. The molecule has 1 aliphatic rings. The quantitative estimate of drug-likeness (QED) is 0.654. The van der Waals surface area contributed by atoms with Crippen LogP contribution in [-0.2, 0) is 11.2 Å². The molecule has 8 heteroatoms. The van der Waals surface area contributed by atoms with E-state index in [4.69, 9.17) is 16.3 Å². The first-order valence-corrected chi connectivity index (χ1v) is 10.7. The number of nitrogens with zero attached hydrogens (tertiary/aromatic N) is 3. The average Bonchev–Trinajstić information content (AvgIpc) is 3.15. The van der Waals surface area contributed by atoms with E-state index in [0.717, 1.165) is 32.4 Å². The summed E-state index contributed by atoms with van der Waals surface area (Å²) in [7, 11) is 0. The summed E-state index contributed by atoms with van der Waals surface area (Å²) in [5.74, 6) is 0. The molecule has 4 rings (SSSR count). The number of halogens is 1. The van der Waals surface area contributed by atoms with Gasteiger partial charge in [-0.15, -0.1) is 10.2 Å². The van der Waals surface area contributed by atoms with E-state index >= 15 is 0 Å². The van der Waals surface area contributed by atoms with E-state index in [1.165, 1.54) is 11.3 Å². The number of hydrogen-bond acceptors (Lipinski definition) is 7. The first kappa shape index (κ1) is 20.4. The predicted molar refractivity (Wildman–Crippen MR) is 112 cm³/mol. The Labute approximate surface area is 178 Å². The zero-order valence-electron chi connectivity index (χ0n) is 16.1. The third-order valence-electron chi connectivity index (χ3n) is 5.02. The van der Waals surface area contributed by atoms with Gasteiger partial charge in [0.25, 0.3) is 0 Å². The lowest BCUT2D eigenvalue weighted by molar-refractivity contribution is -0.166. The van der Waals surface area contributed by atoms with E-state index in [-0.39, 0.29) is 6.10 Å². The fourth-order valence-electron chi connectivity index (χ4n) is 3.45. The van der Waals surface area contributed by atoms with Gasteiger partial charge >= 0.3 is 0 Å². The smallest absolute Gasteiger partial charge is 0.149 e. The average molecular weight is 432 g/mol. The van der Waals surface area contributed by atoms with Crippen molar-refractivity contribution >= 4 is 22.9 Å². The molecule has 0 radical (unpaired) electrons. The Bertz CT molecular complexity index is 995. The molecule has 0 saturated carbocycles. The minimum absolute atomic E-state index is 0.133. The normalized spacial score (nSPS) is 24.6. The van der Waals surface area contributed by atoms with Crippen LogP contribution in [0.3, 0.4) is 0 Å². The van der Waals surface area contributed by atoms with Crippen molar-refractivity contribution in [2.75, 3.05) is 0 Å². The molecule has 1 fully saturated rings. The fourth-order valence-corrected chi connectivity index (χ4v) is 4.49. The SMILES string of the molecule is Cc1ccc(-c2nnc(Cc3cc([C@@H]4O[C@H](C)C[C@H](O)[C@H]4O)ccc3Cl)s2)cn1. The Kier molecular flexibility index (Phi) is 5.94. The highest BCUT2D eigenvalue weighted by atomic mass is 35.5. The summed E-state index contributed by atoms with van der Waals surface area (Å²) in [6, 6.07) is 9.46. The minimum Gasteiger partial charge on any atom is -0.390 e. The van der Waals surface area contributed by atoms with Crippen molar-refractivity contribution in [3.05, 3.63) is 63.4 Å². The molecule has 0 spiro atoms. The molecule has 0 aliphatic carbocycles. The van der Waals surface area contributed by atoms with Crippen molar-refractivity contribution in [1.82, 2.24) is 15.2 Å². The van der Waals surface area contributed by atoms with Crippen LogP contribution in [0.25, 0.3) is 10.6 Å². The molecule has 3 heterocycles. The third kappa shape index (κ3) is 4.49. The molecule has 6 nitrogen and oxygen atoms in total. The maximum atomic E-state index is 10.4. The van der Waals surface area contributed by atoms with Crippen LogP contribution >= 0.6 is 22.9 Å². The Morgan fingerprint density at radius 3 is 2.79 bits per heavy atom. The van der Waals surface area contributed by atoms with E-state index in [2.05, 4.69) is 15.2 Å². The van der Waals surface area contributed by atoms with Gasteiger partial charge in [-0.1, -0.05) is 35.1 Å². The number of aliphatic hydroxyl groups is 2. The monoisotopic (exact) mass is 431 g/mol. The molecule has 0 amide bonds. The van der Waals surface area contributed by atoms with Crippen LogP contribution in [0, 0.1) is 6.92 Å². The molecule has 0 bridgehead atoms. The molecule has 3 aromatic rings. The predicted octanol–water partition coefficient (Wildman–Crippen LogP) is 3.72. The van der Waals surface area contributed by atoms with Crippen molar-refractivity contribution in [3.8, 4) is 10.6 Å². The van der Waals surface area contributed by atoms with Gasteiger partial charge in [0.2, 0.25) is 0 Å². The van der Waals surface area contributed by atoms with Crippen molar-refractivity contribution in [1.29, 1.82) is 0 Å². The number of aromatic nitrogens is 3. The van der Waals surface area contributed by atoms with Crippen molar-refractivity contribution in [3.63, 3.8) is 0 Å². The van der Waals surface area contributed by atoms with Gasteiger partial charge in [0.15, 0.2) is 0 Å². The zero-order chi connectivity index (χ0) is 20.5. The number of aliphatic hydroxyl groups excluding tert-OH is 2. The van der Waals surface area contributed by atoms with Crippen LogP contribution in [-0.4, -0.2) is 43.7 Å². The summed E-state index contributed by atoms with van der Waals surface area (Å²) >= 11 is 7.91. The van der Waals surface area contributed by atoms with Gasteiger partial charge in [0, 0.05) is 35.3 Å². The first-order chi connectivity index (χ1) is 13.9. The lowest BCUT2D eigenvalue weighted by Crippen LogP contribution is -2.42. The van der Waals surface area contributed by atoms with E-state index in [1.54, 1.807) is 12.3 Å². The van der Waals surface area contributed by atoms with Crippen molar-refractivity contribution < 1.29 is 14.9 Å². The molecule has 2 aromatic heterocycles. The molecule has 29 heavy (non-hydrogen) atoms. The number of pyridine rings is 1. The Morgan fingerprint density at radius 2 is 2.03 bits per heavy atom. The third-order valence-corrected chi connectivity index (χ3v) is 6.36. The molecule has 2 N–H and O–H groups in total. The zero-order valence-corrected chi connectivity index (χ0v) is 17.7. The molecule has 4 atom stereocenters.